The highest BCUT2D eigenvalue weighted by Crippen LogP contribution is 2.12. The number of aliphatic imine (C=N–C) groups is 1. The van der Waals surface area contributed by atoms with E-state index in [2.05, 4.69) is 32.5 Å². The second-order valence-electron chi connectivity index (χ2n) is 4.52. The van der Waals surface area contributed by atoms with Crippen molar-refractivity contribution in [2.75, 3.05) is 14.2 Å². The average molecular weight is 447 g/mol. The van der Waals surface area contributed by atoms with Crippen molar-refractivity contribution in [3.05, 3.63) is 40.0 Å². The van der Waals surface area contributed by atoms with E-state index in [4.69, 9.17) is 4.74 Å². The fourth-order valence-electron chi connectivity index (χ4n) is 1.82. The Balaban J connectivity index is 0.00000264. The molecule has 6 nitrogen and oxygen atoms in total. The fourth-order valence-corrected chi connectivity index (χ4v) is 2.62. The average Bonchev–Trinajstić information content (AvgIpc) is 3.03. The minimum atomic E-state index is 0. The van der Waals surface area contributed by atoms with Crippen LogP contribution in [0.2, 0.25) is 0 Å². The maximum Gasteiger partial charge on any atom is 0.213 e. The second kappa shape index (κ2) is 10.4. The van der Waals surface area contributed by atoms with Crippen molar-refractivity contribution in [3.8, 4) is 5.88 Å². The summed E-state index contributed by atoms with van der Waals surface area (Å²) in [7, 11) is 3.35. The molecule has 0 bridgehead atoms. The third kappa shape index (κ3) is 6.30. The number of aromatic nitrogens is 2. The zero-order chi connectivity index (χ0) is 15.8. The van der Waals surface area contributed by atoms with Crippen LogP contribution in [0.15, 0.2) is 29.4 Å². The Kier molecular flexibility index (Phi) is 8.85. The molecule has 0 atom stereocenters. The molecule has 0 amide bonds. The van der Waals surface area contributed by atoms with Crippen molar-refractivity contribution in [1.29, 1.82) is 0 Å². The van der Waals surface area contributed by atoms with Gasteiger partial charge in [-0.05, 0) is 12.5 Å². The molecule has 0 unspecified atom stereocenters. The van der Waals surface area contributed by atoms with E-state index in [-0.39, 0.29) is 24.0 Å². The van der Waals surface area contributed by atoms with Gasteiger partial charge >= 0.3 is 0 Å². The molecule has 2 heterocycles. The van der Waals surface area contributed by atoms with Crippen molar-refractivity contribution >= 4 is 41.3 Å². The predicted octanol–water partition coefficient (Wildman–Crippen LogP) is 2.59. The normalized spacial score (nSPS) is 10.8. The van der Waals surface area contributed by atoms with E-state index in [1.54, 1.807) is 25.5 Å². The highest BCUT2D eigenvalue weighted by molar-refractivity contribution is 14.0. The molecule has 0 aliphatic rings. The van der Waals surface area contributed by atoms with Gasteiger partial charge in [0, 0.05) is 24.2 Å². The van der Waals surface area contributed by atoms with Crippen LogP contribution in [0, 0.1) is 0 Å². The number of nitrogens with zero attached hydrogens (tertiary/aromatic N) is 3. The summed E-state index contributed by atoms with van der Waals surface area (Å²) in [5, 5.41) is 7.53. The summed E-state index contributed by atoms with van der Waals surface area (Å²) in [4.78, 5) is 14.2. The number of nitrogens with one attached hydrogen (secondary N) is 2. The quantitative estimate of drug-likeness (QED) is 0.405. The largest absolute Gasteiger partial charge is 0.481 e. The first-order valence-corrected chi connectivity index (χ1v) is 7.94. The third-order valence-electron chi connectivity index (χ3n) is 3.01. The number of guanidine groups is 1. The van der Waals surface area contributed by atoms with Crippen LogP contribution in [-0.4, -0.2) is 30.1 Å². The van der Waals surface area contributed by atoms with E-state index in [9.17, 15) is 0 Å². The third-order valence-corrected chi connectivity index (χ3v) is 4.15. The number of hydrogen-bond acceptors (Lipinski definition) is 5. The van der Waals surface area contributed by atoms with E-state index >= 15 is 0 Å². The van der Waals surface area contributed by atoms with Crippen LogP contribution in [0.3, 0.4) is 0 Å². The lowest BCUT2D eigenvalue weighted by atomic mass is 10.3. The number of thiazole rings is 1. The van der Waals surface area contributed by atoms with Crippen molar-refractivity contribution in [2.45, 2.75) is 26.4 Å². The second-order valence-corrected chi connectivity index (χ2v) is 5.72. The molecule has 0 radical (unpaired) electrons. The molecule has 0 saturated heterocycles. The number of methoxy groups -OCH3 is 1. The maximum atomic E-state index is 5.11. The topological polar surface area (TPSA) is 71.4 Å². The van der Waals surface area contributed by atoms with Crippen molar-refractivity contribution in [3.63, 3.8) is 0 Å². The van der Waals surface area contributed by atoms with Crippen LogP contribution in [0.5, 0.6) is 5.88 Å². The molecule has 126 valence electrons. The van der Waals surface area contributed by atoms with Gasteiger partial charge in [-0.2, -0.15) is 0 Å². The highest BCUT2D eigenvalue weighted by Gasteiger charge is 2.03. The fraction of sp³-hybridized carbons (Fsp3) is 0.400. The van der Waals surface area contributed by atoms with E-state index < -0.39 is 0 Å². The van der Waals surface area contributed by atoms with Crippen molar-refractivity contribution < 1.29 is 4.74 Å². The van der Waals surface area contributed by atoms with Crippen molar-refractivity contribution in [1.82, 2.24) is 20.6 Å². The molecule has 0 aliphatic carbocycles. The number of ether oxygens (including phenoxy) is 1. The lowest BCUT2D eigenvalue weighted by Crippen LogP contribution is -2.36. The minimum Gasteiger partial charge on any atom is -0.481 e. The van der Waals surface area contributed by atoms with Crippen LogP contribution < -0.4 is 15.4 Å². The molecule has 8 heteroatoms. The summed E-state index contributed by atoms with van der Waals surface area (Å²) < 4.78 is 5.11. The van der Waals surface area contributed by atoms with Crippen LogP contribution in [-0.2, 0) is 19.5 Å². The van der Waals surface area contributed by atoms with Gasteiger partial charge in [-0.1, -0.05) is 13.0 Å². The molecule has 2 rings (SSSR count). The first-order valence-electron chi connectivity index (χ1n) is 7.13. The lowest BCUT2D eigenvalue weighted by molar-refractivity contribution is 0.396. The van der Waals surface area contributed by atoms with Gasteiger partial charge in [0.15, 0.2) is 5.96 Å². The van der Waals surface area contributed by atoms with Gasteiger partial charge in [0.05, 0.1) is 25.9 Å². The van der Waals surface area contributed by atoms with Crippen LogP contribution in [0.4, 0.5) is 0 Å². The molecule has 0 fully saturated rings. The SMILES string of the molecule is CCc1cnc(CNC(=NC)NCc2cccc(OC)n2)s1.I. The molecule has 2 aromatic heterocycles. The molecule has 0 aromatic carbocycles. The number of hydrogen-bond donors (Lipinski definition) is 2. The van der Waals surface area contributed by atoms with Crippen molar-refractivity contribution in [2.24, 2.45) is 4.99 Å². The first-order chi connectivity index (χ1) is 10.7. The molecule has 2 aromatic rings. The minimum absolute atomic E-state index is 0. The molecular formula is C15H22IN5OS. The van der Waals surface area contributed by atoms with Gasteiger partial charge in [-0.15, -0.1) is 35.3 Å². The van der Waals surface area contributed by atoms with Gasteiger partial charge in [0.1, 0.15) is 5.01 Å². The smallest absolute Gasteiger partial charge is 0.213 e. The highest BCUT2D eigenvalue weighted by atomic mass is 127. The van der Waals surface area contributed by atoms with Gasteiger partial charge in [0.2, 0.25) is 5.88 Å². The Bertz CT molecular complexity index is 632. The zero-order valence-corrected chi connectivity index (χ0v) is 16.6. The summed E-state index contributed by atoms with van der Waals surface area (Å²) in [6.45, 7) is 3.37. The van der Waals surface area contributed by atoms with Gasteiger partial charge < -0.3 is 15.4 Å². The van der Waals surface area contributed by atoms with Crippen LogP contribution in [0.1, 0.15) is 22.5 Å². The summed E-state index contributed by atoms with van der Waals surface area (Å²) in [6.07, 6.45) is 2.95. The number of aryl methyl sites for hydroxylation is 1. The monoisotopic (exact) mass is 447 g/mol. The summed E-state index contributed by atoms with van der Waals surface area (Å²) >= 11 is 1.72. The Morgan fingerprint density at radius 2 is 2.09 bits per heavy atom. The maximum absolute atomic E-state index is 5.11. The Hall–Kier alpha value is -1.42. The number of pyridine rings is 1. The molecule has 2 N–H and O–H groups in total. The molecule has 0 spiro atoms. The summed E-state index contributed by atoms with van der Waals surface area (Å²) in [5.74, 6) is 1.33. The molecule has 0 saturated carbocycles. The van der Waals surface area contributed by atoms with E-state index in [0.29, 0.717) is 19.0 Å². The summed E-state index contributed by atoms with van der Waals surface area (Å²) in [6, 6.07) is 5.68. The van der Waals surface area contributed by atoms with Crippen LogP contribution >= 0.6 is 35.3 Å². The first kappa shape index (κ1) is 19.6. The van der Waals surface area contributed by atoms with Gasteiger partial charge in [-0.3, -0.25) is 4.99 Å². The molecule has 23 heavy (non-hydrogen) atoms. The van der Waals surface area contributed by atoms with Gasteiger partial charge in [0.25, 0.3) is 0 Å². The molecular weight excluding hydrogens is 425 g/mol. The summed E-state index contributed by atoms with van der Waals surface area (Å²) in [5.41, 5.74) is 0.893. The number of rotatable bonds is 6. The standard InChI is InChI=1S/C15H21N5OS.HI/c1-4-12-9-17-14(22-12)10-19-15(16-2)18-8-11-6-5-7-13(20-11)21-3;/h5-7,9H,4,8,10H2,1-3H3,(H2,16,18,19);1H. The van der Waals surface area contributed by atoms with E-state index in [0.717, 1.165) is 23.1 Å². The Morgan fingerprint density at radius 3 is 2.74 bits per heavy atom. The predicted molar refractivity (Wildman–Crippen MR) is 105 cm³/mol. The van der Waals surface area contributed by atoms with Gasteiger partial charge in [-0.25, -0.2) is 9.97 Å². The Morgan fingerprint density at radius 1 is 1.30 bits per heavy atom. The van der Waals surface area contributed by atoms with Crippen LogP contribution in [0.25, 0.3) is 0 Å². The van der Waals surface area contributed by atoms with E-state index in [1.807, 2.05) is 24.4 Å². The lowest BCUT2D eigenvalue weighted by Gasteiger charge is -2.11. The zero-order valence-electron chi connectivity index (χ0n) is 13.5. The van der Waals surface area contributed by atoms with E-state index in [1.165, 1.54) is 4.88 Å². The molecule has 0 aliphatic heterocycles. The number of halogens is 1. The Labute approximate surface area is 157 Å².